The molecule has 0 aromatic rings. The van der Waals surface area contributed by atoms with E-state index < -0.39 is 0 Å². The average Bonchev–Trinajstić information content (AvgIpc) is 2.63. The minimum Gasteiger partial charge on any atom is -0.294 e. The molecule has 0 bridgehead atoms. The highest BCUT2D eigenvalue weighted by molar-refractivity contribution is 6.02. The smallest absolute Gasteiger partial charge is 0.162 e. The Morgan fingerprint density at radius 2 is 2.09 bits per heavy atom. The van der Waals surface area contributed by atoms with Gasteiger partial charge in [-0.1, -0.05) is 18.9 Å². The fraction of sp³-hybridized carbons (Fsp3) is 0.700. The Balaban J connectivity index is 2.08. The summed E-state index contributed by atoms with van der Waals surface area (Å²) < 4.78 is 0. The van der Waals surface area contributed by atoms with E-state index in [0.29, 0.717) is 11.2 Å². The largest absolute Gasteiger partial charge is 0.294 e. The summed E-state index contributed by atoms with van der Waals surface area (Å²) in [6.45, 7) is 0. The molecule has 0 aliphatic heterocycles. The summed E-state index contributed by atoms with van der Waals surface area (Å²) in [5.41, 5.74) is 0.521. The minimum absolute atomic E-state index is 0.144. The number of hydrogen-bond acceptors (Lipinski definition) is 1. The van der Waals surface area contributed by atoms with E-state index in [-0.39, 0.29) is 5.41 Å². The highest BCUT2D eigenvalue weighted by Crippen LogP contribution is 2.75. The van der Waals surface area contributed by atoms with Crippen molar-refractivity contribution in [3.63, 3.8) is 0 Å². The fourth-order valence-corrected chi connectivity index (χ4v) is 3.18. The highest BCUT2D eigenvalue weighted by atomic mass is 16.1. The zero-order valence-electron chi connectivity index (χ0n) is 6.60. The van der Waals surface area contributed by atoms with Crippen LogP contribution in [0.1, 0.15) is 32.1 Å². The molecular weight excluding hydrogens is 136 g/mol. The molecule has 2 fully saturated rings. The van der Waals surface area contributed by atoms with E-state index in [4.69, 9.17) is 0 Å². The topological polar surface area (TPSA) is 17.1 Å². The van der Waals surface area contributed by atoms with Gasteiger partial charge in [-0.05, 0) is 25.3 Å². The van der Waals surface area contributed by atoms with Gasteiger partial charge in [0.05, 0.1) is 0 Å². The Labute approximate surface area is 66.5 Å². The summed E-state index contributed by atoms with van der Waals surface area (Å²) in [6, 6.07) is 0. The van der Waals surface area contributed by atoms with Crippen LogP contribution in [0.2, 0.25) is 0 Å². The van der Waals surface area contributed by atoms with E-state index in [0.717, 1.165) is 0 Å². The number of ketones is 1. The van der Waals surface area contributed by atoms with Gasteiger partial charge in [0.2, 0.25) is 0 Å². The van der Waals surface area contributed by atoms with Crippen LogP contribution >= 0.6 is 0 Å². The lowest BCUT2D eigenvalue weighted by atomic mass is 9.81. The quantitative estimate of drug-likeness (QED) is 0.514. The molecule has 0 radical (unpaired) electrons. The molecule has 3 aliphatic carbocycles. The first-order valence-electron chi connectivity index (χ1n) is 4.53. The van der Waals surface area contributed by atoms with Crippen molar-refractivity contribution in [1.29, 1.82) is 0 Å². The van der Waals surface area contributed by atoms with E-state index in [9.17, 15) is 4.79 Å². The molecule has 1 nitrogen and oxygen atoms in total. The van der Waals surface area contributed by atoms with Crippen molar-refractivity contribution in [1.82, 2.24) is 0 Å². The predicted octanol–water partition coefficient (Wildman–Crippen LogP) is 2.08. The molecule has 2 unspecified atom stereocenters. The van der Waals surface area contributed by atoms with Crippen LogP contribution in [0.4, 0.5) is 0 Å². The second-order valence-electron chi connectivity index (χ2n) is 4.32. The van der Waals surface area contributed by atoms with Crippen LogP contribution < -0.4 is 0 Å². The van der Waals surface area contributed by atoms with Crippen molar-refractivity contribution in [2.75, 3.05) is 0 Å². The molecule has 0 amide bonds. The lowest BCUT2D eigenvalue weighted by Crippen LogP contribution is -2.19. The van der Waals surface area contributed by atoms with Gasteiger partial charge >= 0.3 is 0 Å². The van der Waals surface area contributed by atoms with Crippen LogP contribution in [-0.4, -0.2) is 5.78 Å². The van der Waals surface area contributed by atoms with Crippen LogP contribution in [0.25, 0.3) is 0 Å². The van der Waals surface area contributed by atoms with Crippen LogP contribution in [0, 0.1) is 10.8 Å². The Bertz CT molecular complexity index is 266. The molecule has 1 heteroatoms. The van der Waals surface area contributed by atoms with Crippen molar-refractivity contribution >= 4 is 5.78 Å². The maximum absolute atomic E-state index is 11.5. The Morgan fingerprint density at radius 1 is 1.27 bits per heavy atom. The summed E-state index contributed by atoms with van der Waals surface area (Å²) in [4.78, 5) is 11.5. The van der Waals surface area contributed by atoms with Crippen molar-refractivity contribution in [3.05, 3.63) is 12.2 Å². The second kappa shape index (κ2) is 1.45. The summed E-state index contributed by atoms with van der Waals surface area (Å²) in [5.74, 6) is 0.428. The molecular formula is C10H12O. The number of carbonyl (C=O) groups is 1. The first-order valence-corrected chi connectivity index (χ1v) is 4.53. The van der Waals surface area contributed by atoms with Gasteiger partial charge in [0, 0.05) is 10.8 Å². The van der Waals surface area contributed by atoms with E-state index in [2.05, 4.69) is 6.08 Å². The molecule has 3 aliphatic rings. The molecule has 0 aromatic carbocycles. The third-order valence-electron chi connectivity index (χ3n) is 3.95. The Morgan fingerprint density at radius 3 is 2.91 bits per heavy atom. The number of allylic oxidation sites excluding steroid dienone is 2. The lowest BCUT2D eigenvalue weighted by Gasteiger charge is -2.21. The number of rotatable bonds is 0. The van der Waals surface area contributed by atoms with Gasteiger partial charge in [0.15, 0.2) is 5.78 Å². The second-order valence-corrected chi connectivity index (χ2v) is 4.32. The van der Waals surface area contributed by atoms with Gasteiger partial charge in [-0.2, -0.15) is 0 Å². The molecule has 0 aromatic heterocycles. The number of carbonyl (C=O) groups excluding carboxylic acids is 1. The van der Waals surface area contributed by atoms with Gasteiger partial charge in [-0.15, -0.1) is 0 Å². The summed E-state index contributed by atoms with van der Waals surface area (Å²) in [7, 11) is 0. The monoisotopic (exact) mass is 148 g/mol. The molecule has 2 atom stereocenters. The molecule has 11 heavy (non-hydrogen) atoms. The standard InChI is InChI=1S/C10H12O/c11-8-3-6-9-4-1-2-5-10(8,9)7-9/h3,6H,1-2,4-5,7H2. The van der Waals surface area contributed by atoms with Crippen LogP contribution in [0.5, 0.6) is 0 Å². The summed E-state index contributed by atoms with van der Waals surface area (Å²) in [5, 5.41) is 0. The van der Waals surface area contributed by atoms with Crippen molar-refractivity contribution in [2.24, 2.45) is 10.8 Å². The average molecular weight is 148 g/mol. The first kappa shape index (κ1) is 5.99. The highest BCUT2D eigenvalue weighted by Gasteiger charge is 2.71. The van der Waals surface area contributed by atoms with Gasteiger partial charge in [-0.3, -0.25) is 4.79 Å². The SMILES string of the molecule is O=C1C=CC23CCCCC12C3. The lowest BCUT2D eigenvalue weighted by molar-refractivity contribution is -0.120. The molecule has 2 saturated carbocycles. The minimum atomic E-state index is 0.144. The van der Waals surface area contributed by atoms with Gasteiger partial charge < -0.3 is 0 Å². The molecule has 58 valence electrons. The third kappa shape index (κ3) is 0.463. The maximum Gasteiger partial charge on any atom is 0.162 e. The van der Waals surface area contributed by atoms with Crippen molar-refractivity contribution < 1.29 is 4.79 Å². The van der Waals surface area contributed by atoms with E-state index >= 15 is 0 Å². The van der Waals surface area contributed by atoms with Gasteiger partial charge in [0.1, 0.15) is 0 Å². The Kier molecular flexibility index (Phi) is 0.790. The van der Waals surface area contributed by atoms with Gasteiger partial charge in [0.25, 0.3) is 0 Å². The van der Waals surface area contributed by atoms with E-state index in [1.807, 2.05) is 6.08 Å². The summed E-state index contributed by atoms with van der Waals surface area (Å²) >= 11 is 0. The van der Waals surface area contributed by atoms with Crippen LogP contribution in [0.15, 0.2) is 12.2 Å². The third-order valence-corrected chi connectivity index (χ3v) is 3.95. The van der Waals surface area contributed by atoms with Crippen LogP contribution in [-0.2, 0) is 4.79 Å². The zero-order valence-corrected chi connectivity index (χ0v) is 6.60. The predicted molar refractivity (Wildman–Crippen MR) is 42.1 cm³/mol. The normalized spacial score (nSPS) is 52.2. The van der Waals surface area contributed by atoms with Crippen molar-refractivity contribution in [3.8, 4) is 0 Å². The van der Waals surface area contributed by atoms with Gasteiger partial charge in [-0.25, -0.2) is 0 Å². The van der Waals surface area contributed by atoms with Crippen molar-refractivity contribution in [2.45, 2.75) is 32.1 Å². The fourth-order valence-electron chi connectivity index (χ4n) is 3.18. The Hall–Kier alpha value is -0.590. The van der Waals surface area contributed by atoms with E-state index in [1.54, 1.807) is 0 Å². The molecule has 0 spiro atoms. The maximum atomic E-state index is 11.5. The molecule has 0 saturated heterocycles. The zero-order chi connectivity index (χ0) is 7.53. The van der Waals surface area contributed by atoms with E-state index in [1.165, 1.54) is 32.1 Å². The van der Waals surface area contributed by atoms with Crippen LogP contribution in [0.3, 0.4) is 0 Å². The first-order chi connectivity index (χ1) is 5.29. The molecule has 0 heterocycles. The number of hydrogen-bond donors (Lipinski definition) is 0. The molecule has 3 rings (SSSR count). The molecule has 0 N–H and O–H groups in total. The summed E-state index contributed by atoms with van der Waals surface area (Å²) in [6.07, 6.45) is 10.2.